The molecule has 0 aliphatic rings. The van der Waals surface area contributed by atoms with E-state index in [2.05, 4.69) is 0 Å². The largest absolute Gasteiger partial charge is 0.298 e. The molecule has 0 bridgehead atoms. The molecule has 0 radical (unpaired) electrons. The summed E-state index contributed by atoms with van der Waals surface area (Å²) >= 11 is 0. The third-order valence-corrected chi connectivity index (χ3v) is 4.31. The van der Waals surface area contributed by atoms with Crippen molar-refractivity contribution in [1.82, 2.24) is 0 Å². The Balaban J connectivity index is 2.48. The predicted octanol–water partition coefficient (Wildman–Crippen LogP) is 5.87. The molecule has 1 nitrogen and oxygen atoms in total. The van der Waals surface area contributed by atoms with Crippen LogP contribution in [0.15, 0.2) is 48.5 Å². The lowest BCUT2D eigenvalue weighted by Crippen LogP contribution is -2.06. The second-order valence-corrected chi connectivity index (χ2v) is 5.85. The van der Waals surface area contributed by atoms with Gasteiger partial charge in [0.15, 0.2) is 23.7 Å². The van der Waals surface area contributed by atoms with E-state index in [1.54, 1.807) is 62.4 Å². The van der Waals surface area contributed by atoms with E-state index in [1.165, 1.54) is 0 Å². The first-order valence-corrected chi connectivity index (χ1v) is 7.75. The minimum atomic E-state index is -1.58. The number of hydrogen-bond acceptors (Lipinski definition) is 1. The van der Waals surface area contributed by atoms with E-state index in [1.807, 2.05) is 0 Å². The van der Waals surface area contributed by atoms with Gasteiger partial charge in [0.1, 0.15) is 0 Å². The van der Waals surface area contributed by atoms with Crippen LogP contribution in [0.4, 0.5) is 13.2 Å². The molecule has 0 atom stereocenters. The Bertz CT molecular complexity index is 904. The van der Waals surface area contributed by atoms with Crippen LogP contribution in [0.5, 0.6) is 0 Å². The van der Waals surface area contributed by atoms with E-state index < -0.39 is 17.5 Å². The smallest absolute Gasteiger partial charge is 0.195 e. The van der Waals surface area contributed by atoms with Gasteiger partial charge in [0.05, 0.1) is 0 Å². The van der Waals surface area contributed by atoms with Gasteiger partial charge in [-0.15, -0.1) is 0 Å². The highest BCUT2D eigenvalue weighted by molar-refractivity contribution is 5.98. The molecule has 0 amide bonds. The van der Waals surface area contributed by atoms with Crippen molar-refractivity contribution in [1.29, 1.82) is 0 Å². The molecule has 126 valence electrons. The van der Waals surface area contributed by atoms with E-state index in [9.17, 15) is 18.0 Å². The standard InChI is InChI=1S/C21H15F3O/c1-12-7-3-5-9-14(12)17-16(11-25)18(20(23)21(24)19(17)22)15-10-6-4-8-13(15)2/h3-11H,1-2H3. The third kappa shape index (κ3) is 2.74. The normalized spacial score (nSPS) is 10.8. The Morgan fingerprint density at radius 1 is 0.680 bits per heavy atom. The summed E-state index contributed by atoms with van der Waals surface area (Å²) in [6, 6.07) is 13.4. The Kier molecular flexibility index (Phi) is 4.45. The fourth-order valence-electron chi connectivity index (χ4n) is 3.03. The highest BCUT2D eigenvalue weighted by atomic mass is 19.2. The molecule has 0 saturated heterocycles. The van der Waals surface area contributed by atoms with Gasteiger partial charge in [-0.3, -0.25) is 4.79 Å². The topological polar surface area (TPSA) is 17.1 Å². The first-order valence-electron chi connectivity index (χ1n) is 7.75. The van der Waals surface area contributed by atoms with Gasteiger partial charge in [0.2, 0.25) is 0 Å². The van der Waals surface area contributed by atoms with Crippen LogP contribution < -0.4 is 0 Å². The zero-order valence-electron chi connectivity index (χ0n) is 13.7. The molecule has 3 rings (SSSR count). The van der Waals surface area contributed by atoms with Crippen LogP contribution in [0.25, 0.3) is 22.3 Å². The lowest BCUT2D eigenvalue weighted by Gasteiger charge is -2.17. The van der Waals surface area contributed by atoms with Crippen LogP contribution >= 0.6 is 0 Å². The van der Waals surface area contributed by atoms with Crippen LogP contribution in [-0.4, -0.2) is 6.29 Å². The van der Waals surface area contributed by atoms with E-state index in [0.29, 0.717) is 28.5 Å². The van der Waals surface area contributed by atoms with E-state index in [4.69, 9.17) is 0 Å². The molecule has 3 aromatic rings. The Morgan fingerprint density at radius 2 is 1.08 bits per heavy atom. The second-order valence-electron chi connectivity index (χ2n) is 5.85. The maximum absolute atomic E-state index is 14.6. The second kappa shape index (κ2) is 6.55. The quantitative estimate of drug-likeness (QED) is 0.431. The van der Waals surface area contributed by atoms with Crippen molar-refractivity contribution < 1.29 is 18.0 Å². The van der Waals surface area contributed by atoms with Gasteiger partial charge in [-0.1, -0.05) is 48.5 Å². The maximum Gasteiger partial charge on any atom is 0.195 e. The molecule has 3 aromatic carbocycles. The van der Waals surface area contributed by atoms with Gasteiger partial charge in [0.25, 0.3) is 0 Å². The van der Waals surface area contributed by atoms with Crippen molar-refractivity contribution in [2.45, 2.75) is 13.8 Å². The van der Waals surface area contributed by atoms with Crippen LogP contribution in [0.1, 0.15) is 21.5 Å². The van der Waals surface area contributed by atoms with Gasteiger partial charge < -0.3 is 0 Å². The number of benzene rings is 3. The molecular formula is C21H15F3O. The third-order valence-electron chi connectivity index (χ3n) is 4.31. The highest BCUT2D eigenvalue weighted by Gasteiger charge is 2.27. The highest BCUT2D eigenvalue weighted by Crippen LogP contribution is 2.39. The molecule has 0 saturated carbocycles. The van der Waals surface area contributed by atoms with Crippen LogP contribution in [0.3, 0.4) is 0 Å². The van der Waals surface area contributed by atoms with Crippen molar-refractivity contribution >= 4 is 6.29 Å². The van der Waals surface area contributed by atoms with Gasteiger partial charge in [0, 0.05) is 16.7 Å². The molecule has 0 aliphatic carbocycles. The van der Waals surface area contributed by atoms with Crippen molar-refractivity contribution in [2.75, 3.05) is 0 Å². The number of rotatable bonds is 3. The molecule has 0 heterocycles. The lowest BCUT2D eigenvalue weighted by molar-refractivity contribution is 0.112. The molecule has 4 heteroatoms. The van der Waals surface area contributed by atoms with E-state index in [-0.39, 0.29) is 16.7 Å². The zero-order chi connectivity index (χ0) is 18.1. The zero-order valence-corrected chi connectivity index (χ0v) is 13.7. The van der Waals surface area contributed by atoms with E-state index >= 15 is 0 Å². The summed E-state index contributed by atoms with van der Waals surface area (Å²) in [6.07, 6.45) is 0.384. The van der Waals surface area contributed by atoms with Gasteiger partial charge in [-0.05, 0) is 36.1 Å². The molecule has 0 N–H and O–H groups in total. The average Bonchev–Trinajstić information content (AvgIpc) is 2.61. The molecular weight excluding hydrogens is 325 g/mol. The maximum atomic E-state index is 14.6. The summed E-state index contributed by atoms with van der Waals surface area (Å²) in [6.45, 7) is 3.44. The number of aryl methyl sites for hydroxylation is 2. The van der Waals surface area contributed by atoms with E-state index in [0.717, 1.165) is 0 Å². The molecule has 0 spiro atoms. The summed E-state index contributed by atoms with van der Waals surface area (Å²) in [7, 11) is 0. The molecule has 0 aliphatic heterocycles. The number of carbonyl (C=O) groups is 1. The fraction of sp³-hybridized carbons (Fsp3) is 0.0952. The Hall–Kier alpha value is -2.88. The van der Waals surface area contributed by atoms with Crippen molar-refractivity contribution in [2.24, 2.45) is 0 Å². The van der Waals surface area contributed by atoms with Gasteiger partial charge >= 0.3 is 0 Å². The Labute approximate surface area is 143 Å². The van der Waals surface area contributed by atoms with Crippen molar-refractivity contribution in [3.05, 3.63) is 82.7 Å². The SMILES string of the molecule is Cc1ccccc1-c1c(F)c(F)c(F)c(-c2ccccc2C)c1C=O. The minimum absolute atomic E-state index is 0.194. The summed E-state index contributed by atoms with van der Waals surface area (Å²) in [5.41, 5.74) is 1.40. The fourth-order valence-corrected chi connectivity index (χ4v) is 3.03. The monoisotopic (exact) mass is 340 g/mol. The van der Waals surface area contributed by atoms with Crippen LogP contribution in [0, 0.1) is 31.3 Å². The summed E-state index contributed by atoms with van der Waals surface area (Å²) in [4.78, 5) is 11.8. The minimum Gasteiger partial charge on any atom is -0.298 e. The van der Waals surface area contributed by atoms with Crippen LogP contribution in [-0.2, 0) is 0 Å². The van der Waals surface area contributed by atoms with Crippen molar-refractivity contribution in [3.8, 4) is 22.3 Å². The number of carbonyl (C=O) groups excluding carboxylic acids is 1. The summed E-state index contributed by atoms with van der Waals surface area (Å²) in [5, 5.41) is 0. The van der Waals surface area contributed by atoms with Crippen molar-refractivity contribution in [3.63, 3.8) is 0 Å². The summed E-state index contributed by atoms with van der Waals surface area (Å²) in [5.74, 6) is -4.29. The molecule has 0 aromatic heterocycles. The average molecular weight is 340 g/mol. The van der Waals surface area contributed by atoms with Gasteiger partial charge in [-0.2, -0.15) is 0 Å². The number of halogens is 3. The Morgan fingerprint density at radius 3 is 1.44 bits per heavy atom. The number of hydrogen-bond donors (Lipinski definition) is 0. The molecule has 25 heavy (non-hydrogen) atoms. The first-order chi connectivity index (χ1) is 12.0. The first kappa shape index (κ1) is 17.0. The lowest BCUT2D eigenvalue weighted by atomic mass is 9.88. The number of aldehydes is 1. The summed E-state index contributed by atoms with van der Waals surface area (Å²) < 4.78 is 43.5. The molecule has 0 unspecified atom stereocenters. The predicted molar refractivity (Wildman–Crippen MR) is 92.0 cm³/mol. The van der Waals surface area contributed by atoms with Crippen LogP contribution in [0.2, 0.25) is 0 Å². The molecule has 0 fully saturated rings. The van der Waals surface area contributed by atoms with Gasteiger partial charge in [-0.25, -0.2) is 13.2 Å².